The first-order chi connectivity index (χ1) is 10.2. The molecule has 1 aliphatic carbocycles. The number of fused-ring (bicyclic) bond motifs is 2. The molecule has 5 rings (SSSR count). The molecule has 3 aliphatic rings. The summed E-state index contributed by atoms with van der Waals surface area (Å²) in [6, 6.07) is 6.07. The van der Waals surface area contributed by atoms with E-state index in [1.807, 2.05) is 24.4 Å². The van der Waals surface area contributed by atoms with Crippen molar-refractivity contribution in [3.63, 3.8) is 0 Å². The maximum absolute atomic E-state index is 6.46. The maximum atomic E-state index is 6.46. The fourth-order valence-electron chi connectivity index (χ4n) is 3.53. The molecule has 0 bridgehead atoms. The first-order valence-corrected chi connectivity index (χ1v) is 7.45. The fraction of sp³-hybridized carbons (Fsp3) is 0.438. The van der Waals surface area contributed by atoms with E-state index in [9.17, 15) is 0 Å². The standard InChI is InChI=1S/C16H17N3O2/c17-16(11-1-2-11)7-19(8-16)15-12-6-14-13(20-9-21-14)5-10(12)3-4-18-15/h3-6,11H,1-2,7-9,17H2. The van der Waals surface area contributed by atoms with E-state index in [-0.39, 0.29) is 5.54 Å². The van der Waals surface area contributed by atoms with Gasteiger partial charge in [0.1, 0.15) is 5.82 Å². The van der Waals surface area contributed by atoms with Crippen molar-refractivity contribution in [1.82, 2.24) is 4.98 Å². The van der Waals surface area contributed by atoms with Crippen molar-refractivity contribution in [1.29, 1.82) is 0 Å². The lowest BCUT2D eigenvalue weighted by Gasteiger charge is -2.49. The minimum atomic E-state index is 0.000182. The number of ether oxygens (including phenoxy) is 2. The van der Waals surface area contributed by atoms with Crippen LogP contribution < -0.4 is 20.1 Å². The Labute approximate surface area is 122 Å². The van der Waals surface area contributed by atoms with Gasteiger partial charge >= 0.3 is 0 Å². The SMILES string of the molecule is NC1(C2CC2)CN(c2nccc3cc4c(cc23)OCO4)C1. The van der Waals surface area contributed by atoms with Crippen LogP contribution in [0.3, 0.4) is 0 Å². The summed E-state index contributed by atoms with van der Waals surface area (Å²) >= 11 is 0. The molecule has 0 unspecified atom stereocenters. The van der Waals surface area contributed by atoms with Crippen LogP contribution in [0.2, 0.25) is 0 Å². The second-order valence-corrected chi connectivity index (χ2v) is 6.42. The molecule has 2 aromatic rings. The van der Waals surface area contributed by atoms with E-state index < -0.39 is 0 Å². The van der Waals surface area contributed by atoms with Crippen LogP contribution in [0.1, 0.15) is 12.8 Å². The molecule has 3 heterocycles. The van der Waals surface area contributed by atoms with Gasteiger partial charge < -0.3 is 20.1 Å². The largest absolute Gasteiger partial charge is 0.454 e. The topological polar surface area (TPSA) is 60.6 Å². The van der Waals surface area contributed by atoms with E-state index >= 15 is 0 Å². The van der Waals surface area contributed by atoms with Gasteiger partial charge in [-0.2, -0.15) is 0 Å². The van der Waals surface area contributed by atoms with Crippen LogP contribution in [0.25, 0.3) is 10.8 Å². The Balaban J connectivity index is 1.55. The van der Waals surface area contributed by atoms with Crippen molar-refractivity contribution >= 4 is 16.6 Å². The summed E-state index contributed by atoms with van der Waals surface area (Å²) < 4.78 is 10.9. The third kappa shape index (κ3) is 1.64. The highest BCUT2D eigenvalue weighted by atomic mass is 16.7. The molecule has 5 heteroatoms. The molecule has 2 aliphatic heterocycles. The Morgan fingerprint density at radius 1 is 1.19 bits per heavy atom. The van der Waals surface area contributed by atoms with Crippen molar-refractivity contribution in [2.45, 2.75) is 18.4 Å². The highest BCUT2D eigenvalue weighted by Crippen LogP contribution is 2.45. The molecule has 21 heavy (non-hydrogen) atoms. The van der Waals surface area contributed by atoms with Gasteiger partial charge in [0.15, 0.2) is 11.5 Å². The summed E-state index contributed by atoms with van der Waals surface area (Å²) in [5.74, 6) is 3.34. The number of hydrogen-bond acceptors (Lipinski definition) is 5. The number of nitrogens with zero attached hydrogens (tertiary/aromatic N) is 2. The highest BCUT2D eigenvalue weighted by molar-refractivity contribution is 5.95. The van der Waals surface area contributed by atoms with Crippen LogP contribution in [-0.2, 0) is 0 Å². The summed E-state index contributed by atoms with van der Waals surface area (Å²) in [5, 5.41) is 2.24. The highest BCUT2D eigenvalue weighted by Gasteiger charge is 2.50. The van der Waals surface area contributed by atoms with E-state index in [1.165, 1.54) is 12.8 Å². The average Bonchev–Trinajstić information content (AvgIpc) is 3.21. The van der Waals surface area contributed by atoms with Crippen molar-refractivity contribution in [2.24, 2.45) is 11.7 Å². The summed E-state index contributed by atoms with van der Waals surface area (Å²) in [5.41, 5.74) is 6.46. The number of benzene rings is 1. The first kappa shape index (κ1) is 11.6. The van der Waals surface area contributed by atoms with Gasteiger partial charge in [0, 0.05) is 24.7 Å². The summed E-state index contributed by atoms with van der Waals surface area (Å²) in [4.78, 5) is 6.85. The predicted molar refractivity (Wildman–Crippen MR) is 79.7 cm³/mol. The van der Waals surface area contributed by atoms with Gasteiger partial charge in [-0.3, -0.25) is 0 Å². The number of rotatable bonds is 2. The van der Waals surface area contributed by atoms with Gasteiger partial charge in [-0.25, -0.2) is 4.98 Å². The number of anilines is 1. The second kappa shape index (κ2) is 3.80. The Bertz CT molecular complexity index is 736. The Hall–Kier alpha value is -2.01. The van der Waals surface area contributed by atoms with Crippen molar-refractivity contribution in [3.05, 3.63) is 24.4 Å². The summed E-state index contributed by atoms with van der Waals surface area (Å²) in [6.45, 7) is 2.10. The Morgan fingerprint density at radius 3 is 2.71 bits per heavy atom. The molecule has 5 nitrogen and oxygen atoms in total. The predicted octanol–water partition coefficient (Wildman–Crippen LogP) is 1.89. The van der Waals surface area contributed by atoms with E-state index in [2.05, 4.69) is 9.88 Å². The van der Waals surface area contributed by atoms with Crippen LogP contribution in [0.4, 0.5) is 5.82 Å². The van der Waals surface area contributed by atoms with Gasteiger partial charge in [0.05, 0.1) is 5.54 Å². The molecule has 2 fully saturated rings. The molecule has 0 spiro atoms. The zero-order chi connectivity index (χ0) is 14.0. The molecule has 0 radical (unpaired) electrons. The van der Waals surface area contributed by atoms with Gasteiger partial charge in [-0.1, -0.05) is 0 Å². The zero-order valence-corrected chi connectivity index (χ0v) is 11.7. The van der Waals surface area contributed by atoms with Gasteiger partial charge in [0.25, 0.3) is 0 Å². The third-order valence-corrected chi connectivity index (χ3v) is 4.90. The number of pyridine rings is 1. The van der Waals surface area contributed by atoms with E-state index in [0.29, 0.717) is 12.7 Å². The molecular formula is C16H17N3O2. The minimum Gasteiger partial charge on any atom is -0.454 e. The molecule has 0 atom stereocenters. The lowest BCUT2D eigenvalue weighted by atomic mass is 9.85. The van der Waals surface area contributed by atoms with Gasteiger partial charge in [0.2, 0.25) is 6.79 Å². The minimum absolute atomic E-state index is 0.000182. The molecule has 1 aromatic heterocycles. The molecule has 1 saturated carbocycles. The van der Waals surface area contributed by atoms with Crippen molar-refractivity contribution < 1.29 is 9.47 Å². The average molecular weight is 283 g/mol. The van der Waals surface area contributed by atoms with E-state index in [0.717, 1.165) is 41.2 Å². The normalized spacial score (nSPS) is 22.4. The lowest BCUT2D eigenvalue weighted by molar-refractivity contribution is 0.174. The quantitative estimate of drug-likeness (QED) is 0.912. The summed E-state index contributed by atoms with van der Waals surface area (Å²) in [6.07, 6.45) is 4.42. The van der Waals surface area contributed by atoms with Crippen LogP contribution in [0.5, 0.6) is 11.5 Å². The number of nitrogens with two attached hydrogens (primary N) is 1. The molecular weight excluding hydrogens is 266 g/mol. The van der Waals surface area contributed by atoms with Crippen molar-refractivity contribution in [2.75, 3.05) is 24.8 Å². The fourth-order valence-corrected chi connectivity index (χ4v) is 3.53. The number of hydrogen-bond donors (Lipinski definition) is 1. The smallest absolute Gasteiger partial charge is 0.231 e. The monoisotopic (exact) mass is 283 g/mol. The molecule has 1 saturated heterocycles. The maximum Gasteiger partial charge on any atom is 0.231 e. The lowest BCUT2D eigenvalue weighted by Crippen LogP contribution is -2.69. The molecule has 0 amide bonds. The summed E-state index contributed by atoms with van der Waals surface area (Å²) in [7, 11) is 0. The number of aromatic nitrogens is 1. The molecule has 1 aromatic carbocycles. The van der Waals surface area contributed by atoms with E-state index in [1.54, 1.807) is 0 Å². The zero-order valence-electron chi connectivity index (χ0n) is 11.7. The Morgan fingerprint density at radius 2 is 1.95 bits per heavy atom. The molecule has 2 N–H and O–H groups in total. The van der Waals surface area contributed by atoms with Crippen LogP contribution in [0.15, 0.2) is 24.4 Å². The van der Waals surface area contributed by atoms with E-state index in [4.69, 9.17) is 15.2 Å². The third-order valence-electron chi connectivity index (χ3n) is 4.90. The van der Waals surface area contributed by atoms with Crippen LogP contribution in [-0.4, -0.2) is 30.4 Å². The Kier molecular flexibility index (Phi) is 2.10. The first-order valence-electron chi connectivity index (χ1n) is 7.45. The van der Waals surface area contributed by atoms with Gasteiger partial charge in [-0.15, -0.1) is 0 Å². The van der Waals surface area contributed by atoms with Crippen LogP contribution >= 0.6 is 0 Å². The van der Waals surface area contributed by atoms with Crippen LogP contribution in [0, 0.1) is 5.92 Å². The van der Waals surface area contributed by atoms with Gasteiger partial charge in [-0.05, 0) is 42.3 Å². The molecule has 108 valence electrons. The second-order valence-electron chi connectivity index (χ2n) is 6.42. The van der Waals surface area contributed by atoms with Crippen molar-refractivity contribution in [3.8, 4) is 11.5 Å².